The number of carbonyl (C=O) groups is 1. The Morgan fingerprint density at radius 3 is 2.88 bits per heavy atom. The maximum atomic E-state index is 12.2. The third-order valence-corrected chi connectivity index (χ3v) is 4.34. The molecule has 26 heavy (non-hydrogen) atoms. The predicted octanol–water partition coefficient (Wildman–Crippen LogP) is 2.87. The third-order valence-electron chi connectivity index (χ3n) is 4.02. The number of nitrogens with zero attached hydrogens (tertiary/aromatic N) is 5. The van der Waals surface area contributed by atoms with Crippen LogP contribution in [0.1, 0.15) is 23.4 Å². The van der Waals surface area contributed by atoms with E-state index in [1.807, 2.05) is 13.8 Å². The molecule has 0 aliphatic rings. The highest BCUT2D eigenvalue weighted by Crippen LogP contribution is 2.27. The molecule has 2 heterocycles. The topological polar surface area (TPSA) is 115 Å². The number of hydrogen-bond donors (Lipinski definition) is 1. The van der Waals surface area contributed by atoms with Gasteiger partial charge in [-0.25, -0.2) is 9.50 Å². The summed E-state index contributed by atoms with van der Waals surface area (Å²) in [5.74, 6) is 0.251. The zero-order chi connectivity index (χ0) is 18.8. The highest BCUT2D eigenvalue weighted by atomic mass is 35.5. The highest BCUT2D eigenvalue weighted by Gasteiger charge is 2.15. The molecule has 0 aliphatic heterocycles. The van der Waals surface area contributed by atoms with Gasteiger partial charge in [-0.15, -0.1) is 0 Å². The summed E-state index contributed by atoms with van der Waals surface area (Å²) in [4.78, 5) is 31.0. The summed E-state index contributed by atoms with van der Waals surface area (Å²) in [5.41, 5.74) is 2.65. The van der Waals surface area contributed by atoms with Gasteiger partial charge in [0.2, 0.25) is 5.91 Å². The maximum absolute atomic E-state index is 12.2. The molecule has 0 radical (unpaired) electrons. The van der Waals surface area contributed by atoms with Gasteiger partial charge in [-0.05, 0) is 38.0 Å². The summed E-state index contributed by atoms with van der Waals surface area (Å²) >= 11 is 5.77. The van der Waals surface area contributed by atoms with Crippen molar-refractivity contribution in [2.75, 3.05) is 5.32 Å². The quantitative estimate of drug-likeness (QED) is 0.542. The number of fused-ring (bicyclic) bond motifs is 1. The first-order valence-corrected chi connectivity index (χ1v) is 8.14. The number of hydrogen-bond acceptors (Lipinski definition) is 6. The van der Waals surface area contributed by atoms with Gasteiger partial charge < -0.3 is 5.32 Å². The van der Waals surface area contributed by atoms with Crippen LogP contribution in [-0.4, -0.2) is 30.4 Å². The fourth-order valence-electron chi connectivity index (χ4n) is 2.71. The van der Waals surface area contributed by atoms with Crippen molar-refractivity contribution in [1.82, 2.24) is 19.6 Å². The molecule has 3 rings (SSSR count). The lowest BCUT2D eigenvalue weighted by Crippen LogP contribution is -2.14. The summed E-state index contributed by atoms with van der Waals surface area (Å²) in [5, 5.41) is 17.7. The van der Waals surface area contributed by atoms with Crippen LogP contribution in [0.15, 0.2) is 24.5 Å². The molecule has 9 nitrogen and oxygen atoms in total. The number of anilines is 1. The lowest BCUT2D eigenvalue weighted by Gasteiger charge is -2.10. The van der Waals surface area contributed by atoms with Crippen molar-refractivity contribution in [1.29, 1.82) is 0 Å². The Labute approximate surface area is 153 Å². The summed E-state index contributed by atoms with van der Waals surface area (Å²) < 4.78 is 1.63. The van der Waals surface area contributed by atoms with Crippen molar-refractivity contribution in [2.45, 2.75) is 26.7 Å². The van der Waals surface area contributed by atoms with Gasteiger partial charge in [-0.3, -0.25) is 14.9 Å². The monoisotopic (exact) mass is 374 g/mol. The normalized spacial score (nSPS) is 10.9. The Hall–Kier alpha value is -3.07. The van der Waals surface area contributed by atoms with Crippen LogP contribution in [-0.2, 0) is 11.2 Å². The van der Waals surface area contributed by atoms with Crippen LogP contribution >= 0.6 is 11.6 Å². The highest BCUT2D eigenvalue weighted by molar-refractivity contribution is 6.32. The fraction of sp³-hybridized carbons (Fsp3) is 0.250. The lowest BCUT2D eigenvalue weighted by atomic mass is 10.1. The molecule has 0 unspecified atom stereocenters. The zero-order valence-corrected chi connectivity index (χ0v) is 14.8. The second-order valence-corrected chi connectivity index (χ2v) is 6.11. The van der Waals surface area contributed by atoms with Gasteiger partial charge >= 0.3 is 0 Å². The molecule has 1 N–H and O–H groups in total. The first kappa shape index (κ1) is 17.7. The van der Waals surface area contributed by atoms with E-state index < -0.39 is 4.92 Å². The van der Waals surface area contributed by atoms with E-state index in [1.54, 1.807) is 4.52 Å². The third kappa shape index (κ3) is 3.47. The molecular weight excluding hydrogens is 360 g/mol. The van der Waals surface area contributed by atoms with E-state index in [0.29, 0.717) is 17.9 Å². The van der Waals surface area contributed by atoms with E-state index in [1.165, 1.54) is 24.5 Å². The summed E-state index contributed by atoms with van der Waals surface area (Å²) in [7, 11) is 0. The van der Waals surface area contributed by atoms with Gasteiger partial charge in [0.15, 0.2) is 0 Å². The van der Waals surface area contributed by atoms with E-state index in [0.717, 1.165) is 17.0 Å². The van der Waals surface area contributed by atoms with Gasteiger partial charge in [0.25, 0.3) is 11.5 Å². The molecule has 0 fully saturated rings. The largest absolute Gasteiger partial charge is 0.326 e. The van der Waals surface area contributed by atoms with Gasteiger partial charge in [0.1, 0.15) is 11.3 Å². The standard InChI is InChI=1S/C16H15ClN6O3/c1-9-12(10(2)22-16(20-9)18-8-19-22)4-6-15(24)21-11-3-5-13(17)14(7-11)23(25)26/h3,5,7-8H,4,6H2,1-2H3,(H,21,24). The number of amides is 1. The number of nitrogens with one attached hydrogen (secondary N) is 1. The Kier molecular flexibility index (Phi) is 4.81. The number of carbonyl (C=O) groups excluding carboxylic acids is 1. The first-order chi connectivity index (χ1) is 12.4. The van der Waals surface area contributed by atoms with Gasteiger partial charge in [0.05, 0.1) is 4.92 Å². The number of nitro groups is 1. The van der Waals surface area contributed by atoms with Crippen molar-refractivity contribution in [3.05, 3.63) is 56.6 Å². The molecule has 0 aliphatic carbocycles. The number of nitro benzene ring substituents is 1. The Morgan fingerprint density at radius 2 is 2.15 bits per heavy atom. The molecular formula is C16H15ClN6O3. The second-order valence-electron chi connectivity index (χ2n) is 5.70. The average molecular weight is 375 g/mol. The van der Waals surface area contributed by atoms with Crippen LogP contribution in [0, 0.1) is 24.0 Å². The fourth-order valence-corrected chi connectivity index (χ4v) is 2.90. The number of aromatic nitrogens is 4. The molecule has 134 valence electrons. The summed E-state index contributed by atoms with van der Waals surface area (Å²) in [6.07, 6.45) is 2.08. The van der Waals surface area contributed by atoms with Crippen LogP contribution in [0.25, 0.3) is 5.78 Å². The van der Waals surface area contributed by atoms with Crippen molar-refractivity contribution in [3.8, 4) is 0 Å². The lowest BCUT2D eigenvalue weighted by molar-refractivity contribution is -0.384. The number of halogens is 1. The number of rotatable bonds is 5. The molecule has 0 saturated carbocycles. The molecule has 3 aromatic rings. The van der Waals surface area contributed by atoms with Crippen LogP contribution in [0.4, 0.5) is 11.4 Å². The molecule has 1 aromatic carbocycles. The van der Waals surface area contributed by atoms with Crippen molar-refractivity contribution < 1.29 is 9.72 Å². The maximum Gasteiger partial charge on any atom is 0.289 e. The van der Waals surface area contributed by atoms with Crippen molar-refractivity contribution >= 4 is 34.7 Å². The Bertz CT molecular complexity index is 1020. The molecule has 0 saturated heterocycles. The minimum absolute atomic E-state index is 0.0199. The molecule has 0 bridgehead atoms. The molecule has 0 spiro atoms. The molecule has 10 heteroatoms. The number of benzene rings is 1. The van der Waals surface area contributed by atoms with Crippen LogP contribution in [0.3, 0.4) is 0 Å². The van der Waals surface area contributed by atoms with E-state index in [-0.39, 0.29) is 23.0 Å². The summed E-state index contributed by atoms with van der Waals surface area (Å²) in [6.45, 7) is 3.75. The van der Waals surface area contributed by atoms with Gasteiger partial charge in [0, 0.05) is 29.6 Å². The Morgan fingerprint density at radius 1 is 1.38 bits per heavy atom. The summed E-state index contributed by atoms with van der Waals surface area (Å²) in [6, 6.07) is 4.14. The van der Waals surface area contributed by atoms with E-state index in [9.17, 15) is 14.9 Å². The minimum atomic E-state index is -0.594. The minimum Gasteiger partial charge on any atom is -0.326 e. The average Bonchev–Trinajstić information content (AvgIpc) is 3.04. The van der Waals surface area contributed by atoms with Gasteiger partial charge in [-0.1, -0.05) is 11.6 Å². The van der Waals surface area contributed by atoms with Gasteiger partial charge in [-0.2, -0.15) is 10.1 Å². The SMILES string of the molecule is Cc1nc2ncnn2c(C)c1CCC(=O)Nc1ccc(Cl)c([N+](=O)[O-])c1. The molecule has 2 aromatic heterocycles. The number of aryl methyl sites for hydroxylation is 2. The first-order valence-electron chi connectivity index (χ1n) is 7.76. The van der Waals surface area contributed by atoms with E-state index in [4.69, 9.17) is 11.6 Å². The van der Waals surface area contributed by atoms with Crippen LogP contribution in [0.2, 0.25) is 5.02 Å². The Balaban J connectivity index is 1.72. The predicted molar refractivity (Wildman–Crippen MR) is 95.3 cm³/mol. The van der Waals surface area contributed by atoms with Crippen LogP contribution < -0.4 is 5.32 Å². The molecule has 1 amide bonds. The van der Waals surface area contributed by atoms with Crippen molar-refractivity contribution in [3.63, 3.8) is 0 Å². The smallest absolute Gasteiger partial charge is 0.289 e. The second kappa shape index (κ2) is 7.04. The van der Waals surface area contributed by atoms with E-state index >= 15 is 0 Å². The molecule has 0 atom stereocenters. The van der Waals surface area contributed by atoms with E-state index in [2.05, 4.69) is 20.4 Å². The zero-order valence-electron chi connectivity index (χ0n) is 14.1. The van der Waals surface area contributed by atoms with Crippen molar-refractivity contribution in [2.24, 2.45) is 0 Å². The van der Waals surface area contributed by atoms with Crippen LogP contribution in [0.5, 0.6) is 0 Å².